The summed E-state index contributed by atoms with van der Waals surface area (Å²) in [5.41, 5.74) is 0. The van der Waals surface area contributed by atoms with Crippen molar-refractivity contribution in [3.8, 4) is 0 Å². The van der Waals surface area contributed by atoms with Crippen molar-refractivity contribution in [2.24, 2.45) is 17.8 Å². The van der Waals surface area contributed by atoms with Crippen molar-refractivity contribution in [3.05, 3.63) is 0 Å². The van der Waals surface area contributed by atoms with E-state index in [-0.39, 0.29) is 36.3 Å². The van der Waals surface area contributed by atoms with Crippen LogP contribution in [0.1, 0.15) is 48.0 Å². The molecule has 1 saturated heterocycles. The van der Waals surface area contributed by atoms with Gasteiger partial charge in [-0.1, -0.05) is 41.5 Å². The minimum Gasteiger partial charge on any atom is -0.463 e. The van der Waals surface area contributed by atoms with Crippen LogP contribution in [0.2, 0.25) is 0 Å². The van der Waals surface area contributed by atoms with Gasteiger partial charge in [-0.3, -0.25) is 14.4 Å². The maximum atomic E-state index is 12.0. The van der Waals surface area contributed by atoms with E-state index >= 15 is 0 Å². The molecule has 7 heteroatoms. The van der Waals surface area contributed by atoms with Gasteiger partial charge >= 0.3 is 17.9 Å². The number of hydrogen-bond donors (Lipinski definition) is 0. The molecule has 0 saturated carbocycles. The van der Waals surface area contributed by atoms with Gasteiger partial charge in [-0.25, -0.2) is 0 Å². The van der Waals surface area contributed by atoms with Crippen molar-refractivity contribution in [1.82, 2.24) is 0 Å². The molecule has 0 aromatic carbocycles. The average molecular weight is 358 g/mol. The predicted molar refractivity (Wildman–Crippen MR) is 89.6 cm³/mol. The summed E-state index contributed by atoms with van der Waals surface area (Å²) >= 11 is 0. The van der Waals surface area contributed by atoms with Gasteiger partial charge in [-0.2, -0.15) is 0 Å². The van der Waals surface area contributed by atoms with Gasteiger partial charge in [-0.05, 0) is 0 Å². The van der Waals surface area contributed by atoms with Gasteiger partial charge in [0.25, 0.3) is 0 Å². The van der Waals surface area contributed by atoms with E-state index in [0.29, 0.717) is 13.0 Å². The standard InChI is InChI=1S/C18H30O7/c1-10(2)16(19)23-9-14-15(25-18(21)12(5)6)13(7-8-22-14)24-17(20)11(3)4/h10-15H,7-9H2,1-6H3/t13-,14-,15+/m1/s1. The lowest BCUT2D eigenvalue weighted by molar-refractivity contribution is -0.206. The number of carbonyl (C=O) groups excluding carboxylic acids is 3. The van der Waals surface area contributed by atoms with Gasteiger partial charge in [0.05, 0.1) is 24.4 Å². The molecule has 0 unspecified atom stereocenters. The van der Waals surface area contributed by atoms with Gasteiger partial charge in [0.2, 0.25) is 0 Å². The van der Waals surface area contributed by atoms with Gasteiger partial charge in [0.15, 0.2) is 6.10 Å². The molecule has 0 spiro atoms. The van der Waals surface area contributed by atoms with E-state index in [1.54, 1.807) is 41.5 Å². The summed E-state index contributed by atoms with van der Waals surface area (Å²) in [6, 6.07) is 0. The summed E-state index contributed by atoms with van der Waals surface area (Å²) in [7, 11) is 0. The normalized spacial score (nSPS) is 23.6. The monoisotopic (exact) mass is 358 g/mol. The topological polar surface area (TPSA) is 88.1 Å². The summed E-state index contributed by atoms with van der Waals surface area (Å²) in [4.78, 5) is 35.7. The molecular formula is C18H30O7. The molecule has 1 aliphatic rings. The van der Waals surface area contributed by atoms with Crippen LogP contribution in [0.4, 0.5) is 0 Å². The molecule has 1 fully saturated rings. The summed E-state index contributed by atoms with van der Waals surface area (Å²) in [5.74, 6) is -2.03. The van der Waals surface area contributed by atoms with Gasteiger partial charge in [-0.15, -0.1) is 0 Å². The third-order valence-electron chi connectivity index (χ3n) is 3.79. The Balaban J connectivity index is 2.85. The van der Waals surface area contributed by atoms with Crippen molar-refractivity contribution >= 4 is 17.9 Å². The van der Waals surface area contributed by atoms with Crippen LogP contribution < -0.4 is 0 Å². The first kappa shape index (κ1) is 21.4. The Morgan fingerprint density at radius 1 is 0.880 bits per heavy atom. The Morgan fingerprint density at radius 2 is 1.40 bits per heavy atom. The van der Waals surface area contributed by atoms with Crippen LogP contribution in [0.25, 0.3) is 0 Å². The molecule has 0 amide bonds. The first-order valence-corrected chi connectivity index (χ1v) is 8.82. The third-order valence-corrected chi connectivity index (χ3v) is 3.79. The van der Waals surface area contributed by atoms with Crippen LogP contribution in [0.15, 0.2) is 0 Å². The van der Waals surface area contributed by atoms with E-state index in [0.717, 1.165) is 0 Å². The van der Waals surface area contributed by atoms with Gasteiger partial charge < -0.3 is 18.9 Å². The fraction of sp³-hybridized carbons (Fsp3) is 0.833. The largest absolute Gasteiger partial charge is 0.463 e. The second-order valence-electron chi connectivity index (χ2n) is 7.17. The minimum absolute atomic E-state index is 0.0528. The van der Waals surface area contributed by atoms with E-state index in [9.17, 15) is 14.4 Å². The Bertz CT molecular complexity index is 470. The smallest absolute Gasteiger partial charge is 0.308 e. The minimum atomic E-state index is -0.800. The molecule has 0 bridgehead atoms. The second kappa shape index (κ2) is 9.75. The molecule has 25 heavy (non-hydrogen) atoms. The fourth-order valence-corrected chi connectivity index (χ4v) is 2.14. The molecule has 0 radical (unpaired) electrons. The lowest BCUT2D eigenvalue weighted by Crippen LogP contribution is -2.51. The SMILES string of the molecule is CC(C)C(=O)OC[C@H]1OCC[C@@H](OC(=O)C(C)C)[C@@H]1OC(=O)C(C)C. The van der Waals surface area contributed by atoms with E-state index in [1.165, 1.54) is 0 Å². The second-order valence-corrected chi connectivity index (χ2v) is 7.17. The zero-order valence-electron chi connectivity index (χ0n) is 15.9. The first-order chi connectivity index (χ1) is 11.6. The van der Waals surface area contributed by atoms with E-state index in [4.69, 9.17) is 18.9 Å². The highest BCUT2D eigenvalue weighted by Gasteiger charge is 2.41. The Morgan fingerprint density at radius 3 is 1.92 bits per heavy atom. The Kier molecular flexibility index (Phi) is 8.35. The predicted octanol–water partition coefficient (Wildman–Crippen LogP) is 2.11. The summed E-state index contributed by atoms with van der Waals surface area (Å²) < 4.78 is 21.9. The third kappa shape index (κ3) is 6.65. The molecule has 0 N–H and O–H groups in total. The Hall–Kier alpha value is -1.63. The molecule has 0 aliphatic carbocycles. The zero-order chi connectivity index (χ0) is 19.1. The van der Waals surface area contributed by atoms with Crippen molar-refractivity contribution in [1.29, 1.82) is 0 Å². The van der Waals surface area contributed by atoms with Gasteiger partial charge in [0, 0.05) is 6.42 Å². The van der Waals surface area contributed by atoms with Crippen LogP contribution in [0, 0.1) is 17.8 Å². The number of carbonyl (C=O) groups is 3. The highest BCUT2D eigenvalue weighted by molar-refractivity contribution is 5.73. The van der Waals surface area contributed by atoms with E-state index in [2.05, 4.69) is 0 Å². The molecule has 0 aromatic rings. The molecule has 7 nitrogen and oxygen atoms in total. The zero-order valence-corrected chi connectivity index (χ0v) is 15.9. The summed E-state index contributed by atoms with van der Waals surface area (Å²) in [6.45, 7) is 10.6. The summed E-state index contributed by atoms with van der Waals surface area (Å²) in [5, 5.41) is 0. The van der Waals surface area contributed by atoms with Crippen LogP contribution in [-0.4, -0.2) is 49.4 Å². The fourth-order valence-electron chi connectivity index (χ4n) is 2.14. The first-order valence-electron chi connectivity index (χ1n) is 8.82. The molecule has 1 rings (SSSR count). The molecular weight excluding hydrogens is 328 g/mol. The van der Waals surface area contributed by atoms with Crippen molar-refractivity contribution < 1.29 is 33.3 Å². The number of esters is 3. The summed E-state index contributed by atoms with van der Waals surface area (Å²) in [6.07, 6.45) is -1.66. The number of hydrogen-bond acceptors (Lipinski definition) is 7. The van der Waals surface area contributed by atoms with Crippen LogP contribution in [0.5, 0.6) is 0 Å². The van der Waals surface area contributed by atoms with Crippen molar-refractivity contribution in [2.45, 2.75) is 66.3 Å². The lowest BCUT2D eigenvalue weighted by atomic mass is 10.0. The highest BCUT2D eigenvalue weighted by atomic mass is 16.6. The molecule has 0 aromatic heterocycles. The number of rotatable bonds is 7. The molecule has 144 valence electrons. The maximum Gasteiger partial charge on any atom is 0.308 e. The van der Waals surface area contributed by atoms with E-state index < -0.39 is 24.3 Å². The number of ether oxygens (including phenoxy) is 4. The van der Waals surface area contributed by atoms with Crippen LogP contribution in [-0.2, 0) is 33.3 Å². The van der Waals surface area contributed by atoms with Crippen LogP contribution >= 0.6 is 0 Å². The van der Waals surface area contributed by atoms with E-state index in [1.807, 2.05) is 0 Å². The molecule has 1 aliphatic heterocycles. The van der Waals surface area contributed by atoms with Crippen molar-refractivity contribution in [2.75, 3.05) is 13.2 Å². The molecule has 3 atom stereocenters. The van der Waals surface area contributed by atoms with Crippen LogP contribution in [0.3, 0.4) is 0 Å². The maximum absolute atomic E-state index is 12.0. The molecule has 1 heterocycles. The lowest BCUT2D eigenvalue weighted by Gasteiger charge is -2.37. The Labute approximate surface area is 149 Å². The quantitative estimate of drug-likeness (QED) is 0.509. The average Bonchev–Trinajstić information content (AvgIpc) is 2.53. The highest BCUT2D eigenvalue weighted by Crippen LogP contribution is 2.24. The van der Waals surface area contributed by atoms with Gasteiger partial charge in [0.1, 0.15) is 18.8 Å². The van der Waals surface area contributed by atoms with Crippen molar-refractivity contribution in [3.63, 3.8) is 0 Å².